The molecule has 0 radical (unpaired) electrons. The van der Waals surface area contributed by atoms with Crippen molar-refractivity contribution in [1.82, 2.24) is 0 Å². The Morgan fingerprint density at radius 3 is 3.27 bits per heavy atom. The summed E-state index contributed by atoms with van der Waals surface area (Å²) in [5, 5.41) is 0. The Hall–Kier alpha value is -0.960. The number of hydrogen-bond donors (Lipinski definition) is 1. The van der Waals surface area contributed by atoms with E-state index in [1.165, 1.54) is 0 Å². The minimum absolute atomic E-state index is 0.119. The Balaban J connectivity index is 2.09. The van der Waals surface area contributed by atoms with E-state index in [1.54, 1.807) is 6.26 Å². The van der Waals surface area contributed by atoms with Gasteiger partial charge in [0.1, 0.15) is 11.9 Å². The van der Waals surface area contributed by atoms with Gasteiger partial charge in [0, 0.05) is 13.0 Å². The SMILES string of the molecule is NCC1CC2OC=CC=C2O1. The summed E-state index contributed by atoms with van der Waals surface area (Å²) in [6.45, 7) is 0.567. The standard InChI is InChI=1S/C8H11NO2/c9-5-6-4-8-7(11-6)2-1-3-10-8/h1-3,6,8H,4-5,9H2. The predicted molar refractivity (Wildman–Crippen MR) is 40.6 cm³/mol. The molecule has 2 aliphatic rings. The summed E-state index contributed by atoms with van der Waals surface area (Å²) >= 11 is 0. The molecule has 11 heavy (non-hydrogen) atoms. The maximum atomic E-state index is 5.47. The predicted octanol–water partition coefficient (Wildman–Crippen LogP) is 0.530. The van der Waals surface area contributed by atoms with Gasteiger partial charge in [0.05, 0.1) is 6.26 Å². The van der Waals surface area contributed by atoms with E-state index in [0.29, 0.717) is 6.54 Å². The molecule has 1 fully saturated rings. The van der Waals surface area contributed by atoms with Gasteiger partial charge in [-0.2, -0.15) is 0 Å². The molecule has 0 amide bonds. The fourth-order valence-electron chi connectivity index (χ4n) is 1.36. The maximum Gasteiger partial charge on any atom is 0.158 e. The van der Waals surface area contributed by atoms with E-state index in [1.807, 2.05) is 12.2 Å². The highest BCUT2D eigenvalue weighted by molar-refractivity contribution is 5.17. The van der Waals surface area contributed by atoms with Crippen molar-refractivity contribution < 1.29 is 9.47 Å². The Kier molecular flexibility index (Phi) is 1.58. The molecule has 3 nitrogen and oxygen atoms in total. The first-order valence-corrected chi connectivity index (χ1v) is 3.79. The van der Waals surface area contributed by atoms with Crippen LogP contribution >= 0.6 is 0 Å². The second kappa shape index (κ2) is 2.58. The Morgan fingerprint density at radius 1 is 1.64 bits per heavy atom. The molecule has 0 spiro atoms. The quantitative estimate of drug-likeness (QED) is 0.597. The number of allylic oxidation sites excluding steroid dienone is 2. The van der Waals surface area contributed by atoms with Crippen LogP contribution in [0.4, 0.5) is 0 Å². The van der Waals surface area contributed by atoms with Crippen LogP contribution in [-0.2, 0) is 9.47 Å². The third-order valence-corrected chi connectivity index (χ3v) is 1.94. The van der Waals surface area contributed by atoms with Gasteiger partial charge in [0.25, 0.3) is 0 Å². The minimum Gasteiger partial charge on any atom is -0.490 e. The van der Waals surface area contributed by atoms with Crippen molar-refractivity contribution in [2.75, 3.05) is 6.54 Å². The van der Waals surface area contributed by atoms with Gasteiger partial charge in [-0.25, -0.2) is 0 Å². The fraction of sp³-hybridized carbons (Fsp3) is 0.500. The zero-order valence-electron chi connectivity index (χ0n) is 6.19. The average Bonchev–Trinajstić information content (AvgIpc) is 2.46. The average molecular weight is 153 g/mol. The van der Waals surface area contributed by atoms with Crippen molar-refractivity contribution in [3.63, 3.8) is 0 Å². The van der Waals surface area contributed by atoms with Crippen LogP contribution in [0.25, 0.3) is 0 Å². The lowest BCUT2D eigenvalue weighted by Gasteiger charge is -2.11. The Morgan fingerprint density at radius 2 is 2.55 bits per heavy atom. The van der Waals surface area contributed by atoms with Crippen molar-refractivity contribution in [2.45, 2.75) is 18.6 Å². The number of nitrogens with two attached hydrogens (primary N) is 1. The molecule has 2 unspecified atom stereocenters. The van der Waals surface area contributed by atoms with E-state index in [4.69, 9.17) is 15.2 Å². The largest absolute Gasteiger partial charge is 0.490 e. The molecule has 0 aliphatic carbocycles. The third kappa shape index (κ3) is 1.12. The molecule has 0 aromatic carbocycles. The number of rotatable bonds is 1. The van der Waals surface area contributed by atoms with E-state index < -0.39 is 0 Å². The number of hydrogen-bond acceptors (Lipinski definition) is 3. The Bertz CT molecular complexity index is 210. The van der Waals surface area contributed by atoms with Crippen LogP contribution in [0.3, 0.4) is 0 Å². The lowest BCUT2D eigenvalue weighted by atomic mass is 10.1. The van der Waals surface area contributed by atoms with E-state index in [0.717, 1.165) is 12.2 Å². The minimum atomic E-state index is 0.119. The van der Waals surface area contributed by atoms with Gasteiger partial charge < -0.3 is 15.2 Å². The summed E-state index contributed by atoms with van der Waals surface area (Å²) in [5.74, 6) is 0.919. The first-order valence-electron chi connectivity index (χ1n) is 3.79. The summed E-state index contributed by atoms with van der Waals surface area (Å²) < 4.78 is 10.8. The summed E-state index contributed by atoms with van der Waals surface area (Å²) in [4.78, 5) is 0. The van der Waals surface area contributed by atoms with Crippen LogP contribution in [0.1, 0.15) is 6.42 Å². The summed E-state index contributed by atoms with van der Waals surface area (Å²) in [7, 11) is 0. The van der Waals surface area contributed by atoms with Crippen LogP contribution < -0.4 is 5.73 Å². The molecule has 2 atom stereocenters. The smallest absolute Gasteiger partial charge is 0.158 e. The monoisotopic (exact) mass is 153 g/mol. The number of ether oxygens (including phenoxy) is 2. The fourth-order valence-corrected chi connectivity index (χ4v) is 1.36. The molecular weight excluding hydrogens is 142 g/mol. The van der Waals surface area contributed by atoms with Crippen LogP contribution in [0, 0.1) is 0 Å². The molecule has 0 aromatic rings. The maximum absolute atomic E-state index is 5.47. The highest BCUT2D eigenvalue weighted by Gasteiger charge is 2.31. The highest BCUT2D eigenvalue weighted by atomic mass is 16.6. The van der Waals surface area contributed by atoms with Crippen LogP contribution in [0.5, 0.6) is 0 Å². The zero-order chi connectivity index (χ0) is 7.68. The second-order valence-corrected chi connectivity index (χ2v) is 2.73. The van der Waals surface area contributed by atoms with Gasteiger partial charge in [-0.1, -0.05) is 0 Å². The zero-order valence-corrected chi connectivity index (χ0v) is 6.19. The summed E-state index contributed by atoms with van der Waals surface area (Å²) in [6, 6.07) is 0. The molecule has 0 saturated carbocycles. The molecular formula is C8H11NO2. The van der Waals surface area contributed by atoms with Gasteiger partial charge >= 0.3 is 0 Å². The van der Waals surface area contributed by atoms with Gasteiger partial charge in [-0.3, -0.25) is 0 Å². The van der Waals surface area contributed by atoms with E-state index in [9.17, 15) is 0 Å². The lowest BCUT2D eigenvalue weighted by Crippen LogP contribution is -2.19. The Labute approximate surface area is 65.5 Å². The van der Waals surface area contributed by atoms with Gasteiger partial charge in [-0.15, -0.1) is 0 Å². The van der Waals surface area contributed by atoms with Crippen molar-refractivity contribution >= 4 is 0 Å². The van der Waals surface area contributed by atoms with Gasteiger partial charge in [-0.05, 0) is 12.2 Å². The van der Waals surface area contributed by atoms with Crippen molar-refractivity contribution in [2.24, 2.45) is 5.73 Å². The lowest BCUT2D eigenvalue weighted by molar-refractivity contribution is 0.147. The highest BCUT2D eigenvalue weighted by Crippen LogP contribution is 2.28. The van der Waals surface area contributed by atoms with Gasteiger partial charge in [0.2, 0.25) is 0 Å². The van der Waals surface area contributed by atoms with Crippen molar-refractivity contribution in [3.8, 4) is 0 Å². The number of fused-ring (bicyclic) bond motifs is 1. The van der Waals surface area contributed by atoms with E-state index in [-0.39, 0.29) is 12.2 Å². The second-order valence-electron chi connectivity index (χ2n) is 2.73. The first-order chi connectivity index (χ1) is 5.40. The molecule has 2 rings (SSSR count). The summed E-state index contributed by atoms with van der Waals surface area (Å²) in [6.07, 6.45) is 6.61. The molecule has 2 heterocycles. The van der Waals surface area contributed by atoms with Gasteiger partial charge in [0.15, 0.2) is 6.10 Å². The topological polar surface area (TPSA) is 44.5 Å². The van der Waals surface area contributed by atoms with Crippen LogP contribution in [0.15, 0.2) is 24.2 Å². The van der Waals surface area contributed by atoms with E-state index >= 15 is 0 Å². The third-order valence-electron chi connectivity index (χ3n) is 1.94. The molecule has 0 aromatic heterocycles. The van der Waals surface area contributed by atoms with Crippen LogP contribution in [0.2, 0.25) is 0 Å². The van der Waals surface area contributed by atoms with Crippen molar-refractivity contribution in [1.29, 1.82) is 0 Å². The first kappa shape index (κ1) is 6.73. The normalized spacial score (nSPS) is 33.7. The molecule has 2 N–H and O–H groups in total. The molecule has 60 valence electrons. The van der Waals surface area contributed by atoms with Crippen LogP contribution in [-0.4, -0.2) is 18.8 Å². The molecule has 0 bridgehead atoms. The van der Waals surface area contributed by atoms with Crippen molar-refractivity contribution in [3.05, 3.63) is 24.2 Å². The molecule has 2 aliphatic heterocycles. The molecule has 3 heteroatoms. The van der Waals surface area contributed by atoms with E-state index in [2.05, 4.69) is 0 Å². The molecule has 1 saturated heterocycles. The summed E-state index contributed by atoms with van der Waals surface area (Å²) in [5.41, 5.74) is 5.46.